The van der Waals surface area contributed by atoms with Gasteiger partial charge in [0, 0.05) is 50.5 Å². The van der Waals surface area contributed by atoms with Gasteiger partial charge in [-0.15, -0.1) is 0 Å². The van der Waals surface area contributed by atoms with E-state index in [4.69, 9.17) is 0 Å². The van der Waals surface area contributed by atoms with E-state index in [-0.39, 0.29) is 0 Å². The number of hydrogen-bond donors (Lipinski definition) is 0. The molecule has 0 amide bonds. The topological polar surface area (TPSA) is 11.4 Å². The minimum absolute atomic E-state index is 1.07. The first kappa shape index (κ1) is 47.9. The van der Waals surface area contributed by atoms with E-state index >= 15 is 0 Å². The Hall–Kier alpha value is -10.5. The summed E-state index contributed by atoms with van der Waals surface area (Å²) in [6.45, 7) is 2.21. The SMILES string of the molecule is Cc1ccccc1-c1c(N(c2ccccc2)c2ccc(-c3cc(-c4ccccc4)c(-c4ccc(N(c5ccccc5)c5ccc6c7ccccc7n(-c7ccccc7)c6c5)cc4)cc3-c3ccccc3)cc2)ccc2ccccc12. The molecule has 0 aliphatic heterocycles. The van der Waals surface area contributed by atoms with Crippen molar-refractivity contribution >= 4 is 66.7 Å². The highest BCUT2D eigenvalue weighted by Crippen LogP contribution is 2.48. The molecule has 0 aliphatic rings. The molecule has 0 saturated heterocycles. The molecule has 0 unspecified atom stereocenters. The number of anilines is 6. The van der Waals surface area contributed by atoms with Crippen molar-refractivity contribution in [2.75, 3.05) is 9.80 Å². The van der Waals surface area contributed by atoms with Gasteiger partial charge in [-0.1, -0.05) is 218 Å². The van der Waals surface area contributed by atoms with Crippen LogP contribution in [0, 0.1) is 6.92 Å². The first-order valence-electron chi connectivity index (χ1n) is 27.5. The quantitative estimate of drug-likeness (QED) is 0.121. The van der Waals surface area contributed by atoms with Crippen molar-refractivity contribution in [2.24, 2.45) is 0 Å². The number of aryl methyl sites for hydroxylation is 1. The van der Waals surface area contributed by atoms with Gasteiger partial charge in [-0.25, -0.2) is 0 Å². The second kappa shape index (κ2) is 20.8. The maximum Gasteiger partial charge on any atom is 0.0561 e. The number of benzene rings is 13. The zero-order valence-electron chi connectivity index (χ0n) is 44.4. The van der Waals surface area contributed by atoms with Crippen LogP contribution in [0.15, 0.2) is 315 Å². The molecular weight excluding hydrogens is 967 g/mol. The van der Waals surface area contributed by atoms with Gasteiger partial charge in [-0.3, -0.25) is 0 Å². The molecule has 0 bridgehead atoms. The van der Waals surface area contributed by atoms with Crippen LogP contribution in [0.25, 0.3) is 93.9 Å². The lowest BCUT2D eigenvalue weighted by atomic mass is 9.85. The van der Waals surface area contributed by atoms with Crippen LogP contribution in [0.5, 0.6) is 0 Å². The van der Waals surface area contributed by atoms with Gasteiger partial charge in [-0.05, 0) is 170 Å². The fourth-order valence-corrected chi connectivity index (χ4v) is 11.9. The Morgan fingerprint density at radius 1 is 0.263 bits per heavy atom. The number of para-hydroxylation sites is 4. The maximum absolute atomic E-state index is 2.42. The Morgan fingerprint density at radius 2 is 0.688 bits per heavy atom. The van der Waals surface area contributed by atoms with E-state index in [1.165, 1.54) is 54.9 Å². The molecule has 378 valence electrons. The molecule has 1 aromatic heterocycles. The monoisotopic (exact) mass is 1020 g/mol. The van der Waals surface area contributed by atoms with Crippen LogP contribution in [0.4, 0.5) is 34.1 Å². The van der Waals surface area contributed by atoms with Crippen LogP contribution in [0.2, 0.25) is 0 Å². The van der Waals surface area contributed by atoms with Crippen molar-refractivity contribution in [3.05, 3.63) is 321 Å². The van der Waals surface area contributed by atoms with Crippen molar-refractivity contribution in [1.29, 1.82) is 0 Å². The van der Waals surface area contributed by atoms with Gasteiger partial charge in [0.2, 0.25) is 0 Å². The van der Waals surface area contributed by atoms with E-state index in [9.17, 15) is 0 Å². The zero-order valence-corrected chi connectivity index (χ0v) is 44.4. The number of rotatable bonds is 12. The average molecular weight is 1020 g/mol. The summed E-state index contributed by atoms with van der Waals surface area (Å²) >= 11 is 0. The molecule has 0 saturated carbocycles. The van der Waals surface area contributed by atoms with Crippen molar-refractivity contribution in [1.82, 2.24) is 4.57 Å². The standard InChI is InChI=1S/C77H55N3/c1-54-23-17-19-35-66(54)77-67-36-20-18-28-57(67)43-50-75(77)79(61-31-13-5-14-32-61)64-46-41-59(42-47-64)73-53-70(55-24-7-2-8-25-55)72(52-71(73)56-26-9-3-10-27-56)58-39-44-63(45-40-58)78(60-29-11-4-12-30-60)65-48-49-69-68-37-21-22-38-74(68)80(76(69)51-65)62-33-15-6-16-34-62/h2-53H,1H3. The summed E-state index contributed by atoms with van der Waals surface area (Å²) in [5.74, 6) is 0. The van der Waals surface area contributed by atoms with E-state index in [1.807, 2.05) is 0 Å². The van der Waals surface area contributed by atoms with Crippen LogP contribution >= 0.6 is 0 Å². The molecule has 1 heterocycles. The third-order valence-electron chi connectivity index (χ3n) is 15.7. The number of hydrogen-bond acceptors (Lipinski definition) is 2. The largest absolute Gasteiger partial charge is 0.310 e. The molecule has 0 atom stereocenters. The first-order valence-corrected chi connectivity index (χ1v) is 27.5. The lowest BCUT2D eigenvalue weighted by Crippen LogP contribution is -2.11. The van der Waals surface area contributed by atoms with Gasteiger partial charge >= 0.3 is 0 Å². The van der Waals surface area contributed by atoms with Crippen molar-refractivity contribution in [2.45, 2.75) is 6.92 Å². The molecule has 0 N–H and O–H groups in total. The zero-order chi connectivity index (χ0) is 53.4. The summed E-state index contributed by atoms with van der Waals surface area (Å²) in [5.41, 5.74) is 23.0. The van der Waals surface area contributed by atoms with E-state index in [2.05, 4.69) is 337 Å². The smallest absolute Gasteiger partial charge is 0.0561 e. The highest BCUT2D eigenvalue weighted by molar-refractivity contribution is 6.11. The lowest BCUT2D eigenvalue weighted by Gasteiger charge is -2.29. The fraction of sp³-hybridized carbons (Fsp3) is 0.0130. The molecule has 0 spiro atoms. The third kappa shape index (κ3) is 8.78. The van der Waals surface area contributed by atoms with Gasteiger partial charge in [0.25, 0.3) is 0 Å². The molecule has 80 heavy (non-hydrogen) atoms. The van der Waals surface area contributed by atoms with Gasteiger partial charge in [0.1, 0.15) is 0 Å². The summed E-state index contributed by atoms with van der Waals surface area (Å²) in [7, 11) is 0. The first-order chi connectivity index (χ1) is 39.6. The molecular formula is C77H55N3. The van der Waals surface area contributed by atoms with Crippen molar-refractivity contribution < 1.29 is 0 Å². The Balaban J connectivity index is 0.899. The molecule has 3 heteroatoms. The Labute approximate surface area is 467 Å². The van der Waals surface area contributed by atoms with E-state index in [0.29, 0.717) is 0 Å². The van der Waals surface area contributed by atoms with Crippen LogP contribution < -0.4 is 9.80 Å². The van der Waals surface area contributed by atoms with E-state index in [0.717, 1.165) is 78.7 Å². The predicted octanol–water partition coefficient (Wildman–Crippen LogP) is 21.5. The number of nitrogens with zero attached hydrogens (tertiary/aromatic N) is 3. The molecule has 13 aromatic carbocycles. The average Bonchev–Trinajstić information content (AvgIpc) is 4.06. The molecule has 3 nitrogen and oxygen atoms in total. The Morgan fingerprint density at radius 3 is 1.27 bits per heavy atom. The molecule has 0 aliphatic carbocycles. The highest BCUT2D eigenvalue weighted by atomic mass is 15.2. The highest BCUT2D eigenvalue weighted by Gasteiger charge is 2.23. The van der Waals surface area contributed by atoms with Gasteiger partial charge in [0.15, 0.2) is 0 Å². The van der Waals surface area contributed by atoms with Crippen LogP contribution in [0.1, 0.15) is 5.56 Å². The molecule has 14 aromatic rings. The minimum Gasteiger partial charge on any atom is -0.310 e. The molecule has 14 rings (SSSR count). The second-order valence-electron chi connectivity index (χ2n) is 20.5. The summed E-state index contributed by atoms with van der Waals surface area (Å²) in [6, 6.07) is 115. The van der Waals surface area contributed by atoms with Crippen LogP contribution in [0.3, 0.4) is 0 Å². The van der Waals surface area contributed by atoms with Crippen molar-refractivity contribution in [3.63, 3.8) is 0 Å². The predicted molar refractivity (Wildman–Crippen MR) is 340 cm³/mol. The fourth-order valence-electron chi connectivity index (χ4n) is 11.9. The number of fused-ring (bicyclic) bond motifs is 4. The van der Waals surface area contributed by atoms with E-state index < -0.39 is 0 Å². The summed E-state index contributed by atoms with van der Waals surface area (Å²) < 4.78 is 2.39. The summed E-state index contributed by atoms with van der Waals surface area (Å²) in [6.07, 6.45) is 0. The number of aromatic nitrogens is 1. The lowest BCUT2D eigenvalue weighted by molar-refractivity contribution is 1.18. The van der Waals surface area contributed by atoms with E-state index in [1.54, 1.807) is 0 Å². The van der Waals surface area contributed by atoms with Gasteiger partial charge in [-0.2, -0.15) is 0 Å². The summed E-state index contributed by atoms with van der Waals surface area (Å²) in [5, 5.41) is 4.90. The van der Waals surface area contributed by atoms with Crippen molar-refractivity contribution in [3.8, 4) is 61.3 Å². The molecule has 0 radical (unpaired) electrons. The minimum atomic E-state index is 1.07. The summed E-state index contributed by atoms with van der Waals surface area (Å²) in [4.78, 5) is 4.79. The Kier molecular flexibility index (Phi) is 12.5. The maximum atomic E-state index is 2.42. The third-order valence-corrected chi connectivity index (χ3v) is 15.7. The molecule has 0 fully saturated rings. The second-order valence-corrected chi connectivity index (χ2v) is 20.5. The Bertz CT molecular complexity index is 4490. The van der Waals surface area contributed by atoms with Crippen LogP contribution in [-0.4, -0.2) is 4.57 Å². The van der Waals surface area contributed by atoms with Crippen LogP contribution in [-0.2, 0) is 0 Å². The van der Waals surface area contributed by atoms with Gasteiger partial charge in [0.05, 0.1) is 16.7 Å². The normalized spacial score (nSPS) is 11.3. The van der Waals surface area contributed by atoms with Gasteiger partial charge < -0.3 is 14.4 Å².